The molecule has 0 spiro atoms. The van der Waals surface area contributed by atoms with Gasteiger partial charge in [-0.1, -0.05) is 13.8 Å². The predicted molar refractivity (Wildman–Crippen MR) is 107 cm³/mol. The van der Waals surface area contributed by atoms with Crippen LogP contribution in [0.1, 0.15) is 58.8 Å². The highest BCUT2D eigenvalue weighted by Gasteiger charge is 2.54. The third-order valence-corrected chi connectivity index (χ3v) is 7.12. The van der Waals surface area contributed by atoms with Gasteiger partial charge in [0.2, 0.25) is 17.7 Å². The van der Waals surface area contributed by atoms with Crippen molar-refractivity contribution in [2.75, 3.05) is 13.6 Å². The van der Waals surface area contributed by atoms with Gasteiger partial charge in [-0.05, 0) is 56.8 Å². The number of likely N-dealkylation sites (N-methyl/N-ethyl adjacent to an activating group) is 1. The fourth-order valence-electron chi connectivity index (χ4n) is 5.42. The molecule has 4 aliphatic rings. The zero-order chi connectivity index (χ0) is 20.9. The van der Waals surface area contributed by atoms with Gasteiger partial charge in [0.05, 0.1) is 18.6 Å². The average Bonchev–Trinajstić information content (AvgIpc) is 3.56. The van der Waals surface area contributed by atoms with Crippen LogP contribution in [0.3, 0.4) is 0 Å². The molecule has 0 unspecified atom stereocenters. The molecule has 3 amide bonds. The second-order valence-electron chi connectivity index (χ2n) is 10.1. The number of nitrogens with zero attached hydrogens (tertiary/aromatic N) is 2. The van der Waals surface area contributed by atoms with E-state index >= 15 is 4.39 Å². The Bertz CT molecular complexity index is 680. The van der Waals surface area contributed by atoms with Gasteiger partial charge >= 0.3 is 0 Å². The standard InChI is InChI=1S/C22H34FN3O3/c1-12(2)8-14-9-16(14)22(29)26-15-6-7-18(26)20(23)17(10-15)24-19(27)11-25(3)21(28)13-4-5-13/h12-18,20H,4-11H2,1-3H3,(H,24,27)/t14-,15-,16-,17+,18+,20-/m1/s1. The van der Waals surface area contributed by atoms with Crippen molar-refractivity contribution in [1.29, 1.82) is 0 Å². The minimum Gasteiger partial charge on any atom is -0.349 e. The van der Waals surface area contributed by atoms with E-state index in [-0.39, 0.29) is 42.1 Å². The Morgan fingerprint density at radius 2 is 1.86 bits per heavy atom. The van der Waals surface area contributed by atoms with Crippen molar-refractivity contribution < 1.29 is 18.8 Å². The summed E-state index contributed by atoms with van der Waals surface area (Å²) < 4.78 is 15.2. The normalized spacial score (nSPS) is 35.6. The molecule has 2 heterocycles. The summed E-state index contributed by atoms with van der Waals surface area (Å²) in [6.45, 7) is 4.31. The topological polar surface area (TPSA) is 69.7 Å². The van der Waals surface area contributed by atoms with Gasteiger partial charge in [0, 0.05) is 24.9 Å². The van der Waals surface area contributed by atoms with Crippen LogP contribution in [0.5, 0.6) is 0 Å². The second kappa shape index (κ2) is 7.88. The molecule has 29 heavy (non-hydrogen) atoms. The highest BCUT2D eigenvalue weighted by Crippen LogP contribution is 2.48. The van der Waals surface area contributed by atoms with E-state index in [9.17, 15) is 14.4 Å². The number of rotatable bonds is 7. The first kappa shape index (κ1) is 20.6. The average molecular weight is 408 g/mol. The van der Waals surface area contributed by atoms with Crippen molar-refractivity contribution in [3.05, 3.63) is 0 Å². The highest BCUT2D eigenvalue weighted by molar-refractivity contribution is 5.87. The van der Waals surface area contributed by atoms with Crippen molar-refractivity contribution >= 4 is 17.7 Å². The molecule has 162 valence electrons. The van der Waals surface area contributed by atoms with E-state index in [2.05, 4.69) is 19.2 Å². The third-order valence-electron chi connectivity index (χ3n) is 7.12. The fourth-order valence-corrected chi connectivity index (χ4v) is 5.42. The van der Waals surface area contributed by atoms with Crippen LogP contribution in [-0.2, 0) is 14.4 Å². The van der Waals surface area contributed by atoms with Crippen LogP contribution < -0.4 is 5.32 Å². The van der Waals surface area contributed by atoms with Gasteiger partial charge in [0.1, 0.15) is 6.17 Å². The van der Waals surface area contributed by atoms with E-state index in [0.29, 0.717) is 24.7 Å². The molecule has 7 heteroatoms. The first-order valence-corrected chi connectivity index (χ1v) is 11.3. The number of piperidine rings is 1. The molecule has 2 saturated heterocycles. The maximum atomic E-state index is 15.2. The molecule has 0 aromatic carbocycles. The van der Waals surface area contributed by atoms with Crippen LogP contribution in [-0.4, -0.2) is 65.4 Å². The Kier molecular flexibility index (Phi) is 5.60. The summed E-state index contributed by atoms with van der Waals surface area (Å²) in [6, 6.07) is -0.965. The molecule has 4 fully saturated rings. The van der Waals surface area contributed by atoms with E-state index in [1.165, 1.54) is 4.90 Å². The largest absolute Gasteiger partial charge is 0.349 e. The smallest absolute Gasteiger partial charge is 0.239 e. The lowest BCUT2D eigenvalue weighted by Crippen LogP contribution is -2.60. The maximum Gasteiger partial charge on any atom is 0.239 e. The number of carbonyl (C=O) groups excluding carboxylic acids is 3. The predicted octanol–water partition coefficient (Wildman–Crippen LogP) is 2.12. The molecule has 0 radical (unpaired) electrons. The molecular formula is C22H34FN3O3. The Hall–Kier alpha value is -1.66. The van der Waals surface area contributed by atoms with Crippen molar-refractivity contribution in [3.8, 4) is 0 Å². The Morgan fingerprint density at radius 3 is 2.52 bits per heavy atom. The number of carbonyl (C=O) groups is 3. The summed E-state index contributed by atoms with van der Waals surface area (Å²) in [5, 5.41) is 2.81. The number of alkyl halides is 1. The van der Waals surface area contributed by atoms with Crippen LogP contribution in [0.15, 0.2) is 0 Å². The van der Waals surface area contributed by atoms with E-state index in [1.54, 1.807) is 7.05 Å². The zero-order valence-corrected chi connectivity index (χ0v) is 17.8. The summed E-state index contributed by atoms with van der Waals surface area (Å²) in [7, 11) is 1.63. The molecular weight excluding hydrogens is 373 g/mol. The van der Waals surface area contributed by atoms with Crippen LogP contribution in [0, 0.1) is 23.7 Å². The van der Waals surface area contributed by atoms with Crippen LogP contribution in [0.2, 0.25) is 0 Å². The first-order valence-electron chi connectivity index (χ1n) is 11.3. The van der Waals surface area contributed by atoms with E-state index < -0.39 is 18.3 Å². The Balaban J connectivity index is 1.31. The molecule has 1 N–H and O–H groups in total. The van der Waals surface area contributed by atoms with Crippen molar-refractivity contribution in [2.24, 2.45) is 23.7 Å². The van der Waals surface area contributed by atoms with Gasteiger partial charge in [0.25, 0.3) is 0 Å². The van der Waals surface area contributed by atoms with Crippen LogP contribution in [0.4, 0.5) is 4.39 Å². The molecule has 2 aliphatic carbocycles. The molecule has 6 nitrogen and oxygen atoms in total. The molecule has 2 aliphatic heterocycles. The summed E-state index contributed by atoms with van der Waals surface area (Å²) in [4.78, 5) is 40.7. The van der Waals surface area contributed by atoms with E-state index in [1.807, 2.05) is 4.90 Å². The Labute approximate surface area is 172 Å². The summed E-state index contributed by atoms with van der Waals surface area (Å²) in [5.41, 5.74) is 0. The number of halogens is 1. The number of nitrogens with one attached hydrogen (secondary N) is 1. The van der Waals surface area contributed by atoms with Crippen molar-refractivity contribution in [3.63, 3.8) is 0 Å². The number of amides is 3. The van der Waals surface area contributed by atoms with E-state index in [0.717, 1.165) is 32.1 Å². The molecule has 6 atom stereocenters. The SMILES string of the molecule is CC(C)C[C@@H]1C[C@H]1C(=O)N1[C@@H]2CC[C@H]1[C@H](F)[C@@H](NC(=O)CN(C)C(=O)C1CC1)C2. The van der Waals surface area contributed by atoms with E-state index in [4.69, 9.17) is 0 Å². The third kappa shape index (κ3) is 4.29. The highest BCUT2D eigenvalue weighted by atomic mass is 19.1. The lowest BCUT2D eigenvalue weighted by atomic mass is 9.94. The van der Waals surface area contributed by atoms with Gasteiger partial charge < -0.3 is 15.1 Å². The van der Waals surface area contributed by atoms with Gasteiger partial charge in [-0.3, -0.25) is 14.4 Å². The number of hydrogen-bond acceptors (Lipinski definition) is 3. The lowest BCUT2D eigenvalue weighted by molar-refractivity contribution is -0.141. The quantitative estimate of drug-likeness (QED) is 0.703. The number of fused-ring (bicyclic) bond motifs is 2. The molecule has 2 bridgehead atoms. The maximum absolute atomic E-state index is 15.2. The monoisotopic (exact) mass is 407 g/mol. The lowest BCUT2D eigenvalue weighted by Gasteiger charge is -2.42. The van der Waals surface area contributed by atoms with Gasteiger partial charge in [-0.2, -0.15) is 0 Å². The van der Waals surface area contributed by atoms with Crippen LogP contribution >= 0.6 is 0 Å². The summed E-state index contributed by atoms with van der Waals surface area (Å²) in [5.74, 6) is 0.983. The Morgan fingerprint density at radius 1 is 1.14 bits per heavy atom. The summed E-state index contributed by atoms with van der Waals surface area (Å²) >= 11 is 0. The summed E-state index contributed by atoms with van der Waals surface area (Å²) in [6.07, 6.45) is 4.50. The second-order valence-corrected chi connectivity index (χ2v) is 10.1. The number of hydrogen-bond donors (Lipinski definition) is 1. The zero-order valence-electron chi connectivity index (χ0n) is 17.8. The molecule has 4 rings (SSSR count). The van der Waals surface area contributed by atoms with Crippen molar-refractivity contribution in [1.82, 2.24) is 15.1 Å². The minimum atomic E-state index is -1.24. The first-order chi connectivity index (χ1) is 13.8. The van der Waals surface area contributed by atoms with Gasteiger partial charge in [-0.15, -0.1) is 0 Å². The molecule has 2 saturated carbocycles. The van der Waals surface area contributed by atoms with Gasteiger partial charge in [-0.25, -0.2) is 4.39 Å². The van der Waals surface area contributed by atoms with Crippen molar-refractivity contribution in [2.45, 2.75) is 83.1 Å². The fraction of sp³-hybridized carbons (Fsp3) is 0.864. The van der Waals surface area contributed by atoms with Crippen LogP contribution in [0.25, 0.3) is 0 Å². The molecule has 0 aromatic heterocycles. The minimum absolute atomic E-state index is 0.00202. The van der Waals surface area contributed by atoms with Gasteiger partial charge in [0.15, 0.2) is 0 Å². The molecule has 0 aromatic rings.